The molecule has 2 aromatic carbocycles. The fourth-order valence-electron chi connectivity index (χ4n) is 4.59. The molecule has 0 saturated carbocycles. The topological polar surface area (TPSA) is 96.1 Å². The van der Waals surface area contributed by atoms with E-state index in [9.17, 15) is 9.59 Å². The Morgan fingerprint density at radius 3 is 2.47 bits per heavy atom. The second-order valence-electron chi connectivity index (χ2n) is 8.23. The van der Waals surface area contributed by atoms with E-state index < -0.39 is 0 Å². The van der Waals surface area contributed by atoms with Crippen molar-refractivity contribution in [1.82, 2.24) is 14.9 Å². The highest BCUT2D eigenvalue weighted by Gasteiger charge is 2.35. The highest BCUT2D eigenvalue weighted by atomic mass is 16.2. The molecule has 2 amide bonds. The van der Waals surface area contributed by atoms with E-state index in [0.717, 1.165) is 51.6 Å². The van der Waals surface area contributed by atoms with Crippen LogP contribution in [-0.4, -0.2) is 42.0 Å². The first-order valence-corrected chi connectivity index (χ1v) is 10.7. The van der Waals surface area contributed by atoms with E-state index in [1.165, 1.54) is 0 Å². The first-order valence-electron chi connectivity index (χ1n) is 10.7. The van der Waals surface area contributed by atoms with Crippen molar-refractivity contribution in [3.63, 3.8) is 0 Å². The summed E-state index contributed by atoms with van der Waals surface area (Å²) in [7, 11) is 3.95. The summed E-state index contributed by atoms with van der Waals surface area (Å²) in [6.45, 7) is 1.31. The molecule has 1 aliphatic rings. The number of rotatable bonds is 6. The van der Waals surface area contributed by atoms with Crippen LogP contribution >= 0.6 is 0 Å². The van der Waals surface area contributed by atoms with Gasteiger partial charge in [-0.05, 0) is 31.2 Å². The van der Waals surface area contributed by atoms with Gasteiger partial charge in [0.1, 0.15) is 0 Å². The summed E-state index contributed by atoms with van der Waals surface area (Å²) < 4.78 is 2.13. The van der Waals surface area contributed by atoms with Gasteiger partial charge in [0.15, 0.2) is 0 Å². The average Bonchev–Trinajstić information content (AvgIpc) is 3.44. The fraction of sp³-hybridized carbons (Fsp3) is 0.200. The largest absolute Gasteiger partial charge is 0.377 e. The molecule has 3 heterocycles. The van der Waals surface area contributed by atoms with Gasteiger partial charge >= 0.3 is 0 Å². The highest BCUT2D eigenvalue weighted by Crippen LogP contribution is 2.41. The van der Waals surface area contributed by atoms with Crippen LogP contribution in [0.15, 0.2) is 54.9 Å². The molecule has 7 heteroatoms. The number of para-hydroxylation sites is 1. The number of nitrogens with one attached hydrogen (secondary N) is 2. The molecule has 162 valence electrons. The standard InChI is InChI=1S/C25H25N5O2/c1-29(2)19-9-5-10-20-21(19)17(14-30(20)12-6-11-26)23-22(24(31)28-25(23)32)16-13-27-18-8-4-3-7-15(16)18/h3-5,7-10,13-14,27H,6,11-12,26H2,1-2H3,(H,28,31,32). The predicted octanol–water partition coefficient (Wildman–Crippen LogP) is 3.10. The van der Waals surface area contributed by atoms with Crippen LogP contribution in [0, 0.1) is 0 Å². The summed E-state index contributed by atoms with van der Waals surface area (Å²) in [5, 5.41) is 4.38. The molecule has 0 fully saturated rings. The van der Waals surface area contributed by atoms with Crippen molar-refractivity contribution in [2.45, 2.75) is 13.0 Å². The maximum atomic E-state index is 13.1. The lowest BCUT2D eigenvalue weighted by atomic mass is 9.95. The minimum Gasteiger partial charge on any atom is -0.377 e. The van der Waals surface area contributed by atoms with Gasteiger partial charge < -0.3 is 20.2 Å². The number of hydrogen-bond acceptors (Lipinski definition) is 4. The van der Waals surface area contributed by atoms with E-state index in [4.69, 9.17) is 5.73 Å². The van der Waals surface area contributed by atoms with Crippen LogP contribution in [0.1, 0.15) is 17.5 Å². The van der Waals surface area contributed by atoms with E-state index in [2.05, 4.69) is 14.9 Å². The smallest absolute Gasteiger partial charge is 0.259 e. The molecule has 1 aliphatic heterocycles. The summed E-state index contributed by atoms with van der Waals surface area (Å²) in [4.78, 5) is 31.4. The Bertz CT molecular complexity index is 1410. The van der Waals surface area contributed by atoms with Crippen LogP contribution in [0.25, 0.3) is 33.0 Å². The lowest BCUT2D eigenvalue weighted by molar-refractivity contribution is -0.122. The number of aromatic amines is 1. The lowest BCUT2D eigenvalue weighted by Gasteiger charge is -2.15. The number of H-pyrrole nitrogens is 1. The molecule has 0 aliphatic carbocycles. The first-order chi connectivity index (χ1) is 15.5. The minimum absolute atomic E-state index is 0.373. The molecule has 7 nitrogen and oxygen atoms in total. The monoisotopic (exact) mass is 427 g/mol. The van der Waals surface area contributed by atoms with Crippen LogP contribution in [0.5, 0.6) is 0 Å². The van der Waals surface area contributed by atoms with Crippen LogP contribution in [0.2, 0.25) is 0 Å². The van der Waals surface area contributed by atoms with Gasteiger partial charge in [-0.15, -0.1) is 0 Å². The molecule has 0 radical (unpaired) electrons. The van der Waals surface area contributed by atoms with Crippen LogP contribution in [-0.2, 0) is 16.1 Å². The van der Waals surface area contributed by atoms with Gasteiger partial charge in [0.25, 0.3) is 11.8 Å². The zero-order valence-electron chi connectivity index (χ0n) is 18.1. The maximum Gasteiger partial charge on any atom is 0.259 e. The molecule has 0 saturated heterocycles. The van der Waals surface area contributed by atoms with Crippen LogP contribution in [0.4, 0.5) is 5.69 Å². The van der Waals surface area contributed by atoms with Crippen molar-refractivity contribution < 1.29 is 9.59 Å². The second kappa shape index (κ2) is 7.69. The third-order valence-corrected chi connectivity index (χ3v) is 6.03. The third-order valence-electron chi connectivity index (χ3n) is 6.03. The summed E-state index contributed by atoms with van der Waals surface area (Å²) >= 11 is 0. The van der Waals surface area contributed by atoms with Gasteiger partial charge in [-0.2, -0.15) is 0 Å². The van der Waals surface area contributed by atoms with Gasteiger partial charge in [-0.1, -0.05) is 24.3 Å². The van der Waals surface area contributed by atoms with Crippen LogP contribution in [0.3, 0.4) is 0 Å². The molecule has 0 atom stereocenters. The van der Waals surface area contributed by atoms with E-state index >= 15 is 0 Å². The number of hydrogen-bond donors (Lipinski definition) is 3. The van der Waals surface area contributed by atoms with Crippen molar-refractivity contribution in [1.29, 1.82) is 0 Å². The number of anilines is 1. The number of carbonyl (C=O) groups excluding carboxylic acids is 2. The van der Waals surface area contributed by atoms with E-state index in [0.29, 0.717) is 17.7 Å². The molecular weight excluding hydrogens is 402 g/mol. The molecule has 0 bridgehead atoms. The number of benzene rings is 2. The molecule has 4 aromatic rings. The zero-order valence-corrected chi connectivity index (χ0v) is 18.1. The molecule has 32 heavy (non-hydrogen) atoms. The molecule has 2 aromatic heterocycles. The molecule has 0 unspecified atom stereocenters. The van der Waals surface area contributed by atoms with E-state index in [1.54, 1.807) is 6.20 Å². The summed E-state index contributed by atoms with van der Waals surface area (Å²) in [5.41, 5.74) is 11.0. The average molecular weight is 428 g/mol. The number of carbonyl (C=O) groups is 2. The SMILES string of the molecule is CN(C)c1cccc2c1c(C1=C(c3c[nH]c4ccccc34)C(=O)NC1=O)cn2CCCN. The lowest BCUT2D eigenvalue weighted by Crippen LogP contribution is -2.22. The normalized spacial score (nSPS) is 14.1. The first kappa shape index (κ1) is 20.1. The van der Waals surface area contributed by atoms with Crippen LogP contribution < -0.4 is 16.0 Å². The minimum atomic E-state index is -0.375. The fourth-order valence-corrected chi connectivity index (χ4v) is 4.59. The van der Waals surface area contributed by atoms with E-state index in [1.807, 2.05) is 67.7 Å². The third kappa shape index (κ3) is 3.01. The number of fused-ring (bicyclic) bond motifs is 2. The van der Waals surface area contributed by atoms with Gasteiger partial charge in [-0.3, -0.25) is 14.9 Å². The quantitative estimate of drug-likeness (QED) is 0.412. The van der Waals surface area contributed by atoms with Gasteiger partial charge in [0, 0.05) is 66.1 Å². The van der Waals surface area contributed by atoms with Gasteiger partial charge in [0.05, 0.1) is 16.7 Å². The Hall–Kier alpha value is -3.84. The number of nitrogens with zero attached hydrogens (tertiary/aromatic N) is 2. The summed E-state index contributed by atoms with van der Waals surface area (Å²) in [6, 6.07) is 13.9. The number of imide groups is 1. The Morgan fingerprint density at radius 2 is 1.72 bits per heavy atom. The predicted molar refractivity (Wildman–Crippen MR) is 128 cm³/mol. The molecule has 0 spiro atoms. The number of amides is 2. The Labute approximate surface area is 185 Å². The van der Waals surface area contributed by atoms with Crippen molar-refractivity contribution in [2.24, 2.45) is 5.73 Å². The van der Waals surface area contributed by atoms with Crippen molar-refractivity contribution >= 4 is 50.5 Å². The zero-order chi connectivity index (χ0) is 22.4. The van der Waals surface area contributed by atoms with E-state index in [-0.39, 0.29) is 11.8 Å². The highest BCUT2D eigenvalue weighted by molar-refractivity contribution is 6.51. The second-order valence-corrected chi connectivity index (χ2v) is 8.23. The van der Waals surface area contributed by atoms with Crippen molar-refractivity contribution in [2.75, 3.05) is 25.5 Å². The van der Waals surface area contributed by atoms with Crippen molar-refractivity contribution in [3.8, 4) is 0 Å². The maximum absolute atomic E-state index is 13.1. The number of aromatic nitrogens is 2. The molecule has 5 rings (SSSR count). The van der Waals surface area contributed by atoms with Gasteiger partial charge in [0.2, 0.25) is 0 Å². The van der Waals surface area contributed by atoms with Gasteiger partial charge in [-0.25, -0.2) is 0 Å². The molecular formula is C25H25N5O2. The number of aryl methyl sites for hydroxylation is 1. The molecule has 4 N–H and O–H groups in total. The Kier molecular flexibility index (Phi) is 4.83. The Balaban J connectivity index is 1.84. The Morgan fingerprint density at radius 1 is 0.969 bits per heavy atom. The number of nitrogens with two attached hydrogens (primary N) is 1. The summed E-state index contributed by atoms with van der Waals surface area (Å²) in [6.07, 6.45) is 4.60. The summed E-state index contributed by atoms with van der Waals surface area (Å²) in [5.74, 6) is -0.748. The van der Waals surface area contributed by atoms with Crippen molar-refractivity contribution in [3.05, 3.63) is 66.0 Å².